The van der Waals surface area contributed by atoms with Crippen molar-refractivity contribution in [3.8, 4) is 11.5 Å². The van der Waals surface area contributed by atoms with Gasteiger partial charge < -0.3 is 30.4 Å². The van der Waals surface area contributed by atoms with Crippen molar-refractivity contribution < 1.29 is 28.9 Å². The van der Waals surface area contributed by atoms with E-state index < -0.39 is 23.3 Å². The first-order valence-corrected chi connectivity index (χ1v) is 14.1. The zero-order valence-electron chi connectivity index (χ0n) is 24.8. The highest BCUT2D eigenvalue weighted by atomic mass is 16.5. The molecule has 3 atom stereocenters. The molecule has 2 amide bonds. The average molecular weight is 567 g/mol. The fraction of sp³-hybridized carbons (Fsp3) is 0.516. The number of ether oxygens (including phenoxy) is 3. The van der Waals surface area contributed by atoms with Crippen LogP contribution in [-0.4, -0.2) is 64.8 Å². The summed E-state index contributed by atoms with van der Waals surface area (Å²) in [4.78, 5) is 33.0. The number of carbonyl (C=O) groups is 2. The van der Waals surface area contributed by atoms with Crippen molar-refractivity contribution in [2.24, 2.45) is 10.7 Å². The van der Waals surface area contributed by atoms with Gasteiger partial charge in [-0.3, -0.25) is 14.5 Å². The number of methoxy groups -OCH3 is 1. The van der Waals surface area contributed by atoms with Gasteiger partial charge in [0.25, 0.3) is 5.91 Å². The fourth-order valence-electron chi connectivity index (χ4n) is 5.42. The Bertz CT molecular complexity index is 1310. The predicted octanol–water partition coefficient (Wildman–Crippen LogP) is 3.71. The third-order valence-electron chi connectivity index (χ3n) is 8.05. The number of rotatable bonds is 10. The molecule has 0 fully saturated rings. The first kappa shape index (κ1) is 30.3. The van der Waals surface area contributed by atoms with Crippen LogP contribution in [0.25, 0.3) is 0 Å². The summed E-state index contributed by atoms with van der Waals surface area (Å²) in [7, 11) is 1.59. The Kier molecular flexibility index (Phi) is 8.94. The minimum Gasteiger partial charge on any atom is -0.488 e. The van der Waals surface area contributed by atoms with E-state index in [0.717, 1.165) is 0 Å². The van der Waals surface area contributed by atoms with Crippen LogP contribution in [-0.2, 0) is 16.1 Å². The minimum absolute atomic E-state index is 0.0869. The monoisotopic (exact) mass is 566 g/mol. The van der Waals surface area contributed by atoms with Gasteiger partial charge in [-0.25, -0.2) is 4.99 Å². The van der Waals surface area contributed by atoms with E-state index in [1.807, 2.05) is 45.0 Å². The molecule has 0 aliphatic carbocycles. The number of hydrogen-bond acceptors (Lipinski definition) is 8. The fourth-order valence-corrected chi connectivity index (χ4v) is 5.42. The topological polar surface area (TPSA) is 136 Å². The van der Waals surface area contributed by atoms with Gasteiger partial charge in [0, 0.05) is 23.8 Å². The molecule has 4 rings (SSSR count). The summed E-state index contributed by atoms with van der Waals surface area (Å²) in [6, 6.07) is 11.7. The summed E-state index contributed by atoms with van der Waals surface area (Å²) in [6.45, 7) is 9.89. The molecule has 10 heteroatoms. The smallest absolute Gasteiger partial charge is 0.251 e. The lowest BCUT2D eigenvalue weighted by molar-refractivity contribution is -0.130. The number of aliphatic imine (C=N–C) groups is 1. The second-order valence-corrected chi connectivity index (χ2v) is 11.4. The number of guanidine groups is 1. The Morgan fingerprint density at radius 3 is 2.61 bits per heavy atom. The quantitative estimate of drug-likeness (QED) is 0.399. The lowest BCUT2D eigenvalue weighted by Gasteiger charge is -2.42. The third-order valence-corrected chi connectivity index (χ3v) is 8.05. The van der Waals surface area contributed by atoms with Crippen molar-refractivity contribution in [2.45, 2.75) is 89.8 Å². The summed E-state index contributed by atoms with van der Waals surface area (Å²) >= 11 is 0. The summed E-state index contributed by atoms with van der Waals surface area (Å²) in [5.74, 6) is 0.753. The van der Waals surface area contributed by atoms with Crippen LogP contribution in [0.15, 0.2) is 47.5 Å². The van der Waals surface area contributed by atoms with Crippen molar-refractivity contribution in [1.29, 1.82) is 0 Å². The summed E-state index contributed by atoms with van der Waals surface area (Å²) in [5, 5.41) is 14.1. The van der Waals surface area contributed by atoms with Crippen LogP contribution in [0, 0.1) is 0 Å². The van der Waals surface area contributed by atoms with E-state index in [0.29, 0.717) is 47.6 Å². The van der Waals surface area contributed by atoms with Gasteiger partial charge in [-0.2, -0.15) is 0 Å². The maximum Gasteiger partial charge on any atom is 0.251 e. The second kappa shape index (κ2) is 12.1. The van der Waals surface area contributed by atoms with E-state index in [1.165, 1.54) is 4.90 Å². The first-order chi connectivity index (χ1) is 19.4. The van der Waals surface area contributed by atoms with Crippen molar-refractivity contribution in [1.82, 2.24) is 10.2 Å². The number of aliphatic hydroxyl groups excluding tert-OH is 1. The van der Waals surface area contributed by atoms with Gasteiger partial charge in [0.05, 0.1) is 31.2 Å². The predicted molar refractivity (Wildman–Crippen MR) is 156 cm³/mol. The number of carbonyl (C=O) groups excluding carboxylic acids is 2. The van der Waals surface area contributed by atoms with Gasteiger partial charge in [-0.15, -0.1) is 0 Å². The Hall–Kier alpha value is -3.63. The van der Waals surface area contributed by atoms with Crippen LogP contribution >= 0.6 is 0 Å². The van der Waals surface area contributed by atoms with E-state index in [4.69, 9.17) is 24.9 Å². The number of benzene rings is 2. The molecule has 2 aromatic rings. The Morgan fingerprint density at radius 1 is 1.24 bits per heavy atom. The Morgan fingerprint density at radius 2 is 1.95 bits per heavy atom. The first-order valence-electron chi connectivity index (χ1n) is 14.1. The Balaban J connectivity index is 1.66. The number of nitrogens with two attached hydrogens (primary N) is 1. The third kappa shape index (κ3) is 6.33. The molecular weight excluding hydrogens is 524 g/mol. The number of aliphatic hydroxyl groups is 1. The van der Waals surface area contributed by atoms with Gasteiger partial charge in [0.1, 0.15) is 29.3 Å². The highest BCUT2D eigenvalue weighted by molar-refractivity contribution is 5.99. The SMILES string of the molecule is CCC1(CC)CC(=O)N(Cc2cc(C(=O)N[C@@H]3c4ccccc4OC(C)(C)[C@H]3O)ccc2OC(C)COC)C(N)=N1. The molecule has 10 nitrogen and oxygen atoms in total. The molecule has 2 aliphatic rings. The molecule has 4 N–H and O–H groups in total. The zero-order valence-corrected chi connectivity index (χ0v) is 24.8. The summed E-state index contributed by atoms with van der Waals surface area (Å²) in [5.41, 5.74) is 6.55. The maximum absolute atomic E-state index is 13.6. The summed E-state index contributed by atoms with van der Waals surface area (Å²) < 4.78 is 17.3. The highest BCUT2D eigenvalue weighted by Gasteiger charge is 2.43. The van der Waals surface area contributed by atoms with Crippen LogP contribution in [0.2, 0.25) is 0 Å². The Labute approximate surface area is 241 Å². The van der Waals surface area contributed by atoms with E-state index in [1.54, 1.807) is 39.2 Å². The van der Waals surface area contributed by atoms with Crippen molar-refractivity contribution >= 4 is 17.8 Å². The number of para-hydroxylation sites is 1. The van der Waals surface area contributed by atoms with Crippen molar-refractivity contribution in [3.05, 3.63) is 59.2 Å². The van der Waals surface area contributed by atoms with E-state index in [2.05, 4.69) is 5.32 Å². The van der Waals surface area contributed by atoms with Gasteiger partial charge in [0.15, 0.2) is 5.96 Å². The van der Waals surface area contributed by atoms with Gasteiger partial charge in [0.2, 0.25) is 5.91 Å². The van der Waals surface area contributed by atoms with Crippen molar-refractivity contribution in [2.75, 3.05) is 13.7 Å². The molecule has 222 valence electrons. The number of fused-ring (bicyclic) bond motifs is 1. The van der Waals surface area contributed by atoms with Crippen LogP contribution in [0.4, 0.5) is 0 Å². The molecule has 0 radical (unpaired) electrons. The maximum atomic E-state index is 13.6. The molecule has 41 heavy (non-hydrogen) atoms. The molecule has 0 saturated heterocycles. The lowest BCUT2D eigenvalue weighted by atomic mass is 9.86. The molecule has 0 bridgehead atoms. The number of nitrogens with zero attached hydrogens (tertiary/aromatic N) is 2. The number of hydrogen-bond donors (Lipinski definition) is 3. The van der Waals surface area contributed by atoms with E-state index >= 15 is 0 Å². The van der Waals surface area contributed by atoms with Crippen molar-refractivity contribution in [3.63, 3.8) is 0 Å². The number of amides is 2. The van der Waals surface area contributed by atoms with E-state index in [-0.39, 0.29) is 36.8 Å². The van der Waals surface area contributed by atoms with Gasteiger partial charge in [-0.1, -0.05) is 32.0 Å². The van der Waals surface area contributed by atoms with Gasteiger partial charge in [-0.05, 0) is 57.9 Å². The van der Waals surface area contributed by atoms with Crippen LogP contribution in [0.3, 0.4) is 0 Å². The average Bonchev–Trinajstić information content (AvgIpc) is 2.93. The van der Waals surface area contributed by atoms with Crippen LogP contribution in [0.1, 0.15) is 81.4 Å². The standard InChI is InChI=1S/C31H42N4O6/c1-7-31(8-2)16-25(36)35(29(32)34-31)17-21-15-20(13-14-23(21)40-19(3)18-39-6)28(38)33-26-22-11-9-10-12-24(22)41-30(4,5)27(26)37/h9-15,19,26-27,37H,7-8,16-18H2,1-6H3,(H2,32,34)(H,33,38)/t19?,26-,27+/m1/s1. The molecule has 1 unspecified atom stereocenters. The molecule has 2 aromatic carbocycles. The minimum atomic E-state index is -0.988. The normalized spacial score (nSPS) is 21.8. The van der Waals surface area contributed by atoms with Crippen LogP contribution < -0.4 is 20.5 Å². The zero-order chi connectivity index (χ0) is 29.9. The summed E-state index contributed by atoms with van der Waals surface area (Å²) in [6.07, 6.45) is 0.414. The molecule has 0 aromatic heterocycles. The molecular formula is C31H42N4O6. The molecule has 0 saturated carbocycles. The molecule has 0 spiro atoms. The van der Waals surface area contributed by atoms with E-state index in [9.17, 15) is 14.7 Å². The largest absolute Gasteiger partial charge is 0.488 e. The highest BCUT2D eigenvalue weighted by Crippen LogP contribution is 2.40. The number of nitrogens with one attached hydrogen (secondary N) is 1. The lowest BCUT2D eigenvalue weighted by Crippen LogP contribution is -2.53. The second-order valence-electron chi connectivity index (χ2n) is 11.4. The van der Waals surface area contributed by atoms with Crippen LogP contribution in [0.5, 0.6) is 11.5 Å². The molecule has 2 heterocycles. The molecule has 2 aliphatic heterocycles. The van der Waals surface area contributed by atoms with Gasteiger partial charge >= 0.3 is 0 Å².